The zero-order valence-electron chi connectivity index (χ0n) is 7.66. The van der Waals surface area contributed by atoms with E-state index in [4.69, 9.17) is 0 Å². The fourth-order valence-electron chi connectivity index (χ4n) is 2.88. The highest BCUT2D eigenvalue weighted by molar-refractivity contribution is 5.83. The molecule has 2 heterocycles. The number of rotatable bonds is 0. The number of nitrogens with one attached hydrogen (secondary N) is 1. The molecule has 1 saturated heterocycles. The predicted molar refractivity (Wildman–Crippen MR) is 53.8 cm³/mol. The van der Waals surface area contributed by atoms with Crippen LogP contribution in [0.4, 0.5) is 0 Å². The molecule has 0 aromatic carbocycles. The molecule has 3 rings (SSSR count). The van der Waals surface area contributed by atoms with E-state index < -0.39 is 0 Å². The van der Waals surface area contributed by atoms with Crippen molar-refractivity contribution in [3.05, 3.63) is 23.9 Å². The summed E-state index contributed by atoms with van der Waals surface area (Å²) in [5, 5.41) is 3.59. The summed E-state index contributed by atoms with van der Waals surface area (Å²) in [6.07, 6.45) is 12.4. The van der Waals surface area contributed by atoms with Gasteiger partial charge in [-0.25, -0.2) is 0 Å². The van der Waals surface area contributed by atoms with Crippen molar-refractivity contribution in [1.29, 1.82) is 0 Å². The van der Waals surface area contributed by atoms with Crippen molar-refractivity contribution in [2.24, 2.45) is 10.4 Å². The van der Waals surface area contributed by atoms with E-state index in [0.29, 0.717) is 11.5 Å². The predicted octanol–water partition coefficient (Wildman–Crippen LogP) is 1.65. The van der Waals surface area contributed by atoms with Gasteiger partial charge in [0.1, 0.15) is 0 Å². The van der Waals surface area contributed by atoms with Gasteiger partial charge >= 0.3 is 0 Å². The van der Waals surface area contributed by atoms with Crippen molar-refractivity contribution < 1.29 is 0 Å². The van der Waals surface area contributed by atoms with Crippen LogP contribution in [0.15, 0.2) is 28.9 Å². The molecule has 1 aliphatic carbocycles. The standard InChI is InChI=1S/C11H14N2/c1-2-9-8-12-6-4-11(9)5-7-13-10(11)3-1/h2,4,6,8,10,13H,1,3,5,7H2. The molecule has 0 radical (unpaired) electrons. The molecule has 68 valence electrons. The van der Waals surface area contributed by atoms with Gasteiger partial charge in [-0.1, -0.05) is 12.2 Å². The highest BCUT2D eigenvalue weighted by Gasteiger charge is 2.45. The molecule has 2 heteroatoms. The number of nitrogens with zero attached hydrogens (tertiary/aromatic N) is 1. The molecular weight excluding hydrogens is 160 g/mol. The Bertz CT molecular complexity index is 314. The van der Waals surface area contributed by atoms with Gasteiger partial charge in [-0.05, 0) is 31.4 Å². The highest BCUT2D eigenvalue weighted by atomic mass is 15.0. The summed E-state index contributed by atoms with van der Waals surface area (Å²) in [5.41, 5.74) is 1.75. The molecule has 2 aliphatic heterocycles. The summed E-state index contributed by atoms with van der Waals surface area (Å²) < 4.78 is 0. The molecule has 1 N–H and O–H groups in total. The average Bonchev–Trinajstić information content (AvgIpc) is 2.58. The maximum absolute atomic E-state index is 4.22. The Morgan fingerprint density at radius 2 is 2.54 bits per heavy atom. The molecule has 0 saturated carbocycles. The monoisotopic (exact) mass is 174 g/mol. The second-order valence-corrected chi connectivity index (χ2v) is 4.13. The van der Waals surface area contributed by atoms with E-state index in [-0.39, 0.29) is 0 Å². The van der Waals surface area contributed by atoms with E-state index in [9.17, 15) is 0 Å². The summed E-state index contributed by atoms with van der Waals surface area (Å²) >= 11 is 0. The Labute approximate surface area is 78.4 Å². The third-order valence-electron chi connectivity index (χ3n) is 3.58. The lowest BCUT2D eigenvalue weighted by Crippen LogP contribution is -2.40. The third-order valence-corrected chi connectivity index (χ3v) is 3.58. The summed E-state index contributed by atoms with van der Waals surface area (Å²) in [6, 6.07) is 0.662. The van der Waals surface area contributed by atoms with E-state index in [2.05, 4.69) is 22.5 Å². The second kappa shape index (κ2) is 2.55. The Morgan fingerprint density at radius 1 is 1.54 bits per heavy atom. The summed E-state index contributed by atoms with van der Waals surface area (Å²) in [4.78, 5) is 4.22. The van der Waals surface area contributed by atoms with E-state index in [1.807, 2.05) is 12.4 Å². The maximum atomic E-state index is 4.22. The first-order valence-corrected chi connectivity index (χ1v) is 5.07. The van der Waals surface area contributed by atoms with Gasteiger partial charge in [-0.3, -0.25) is 4.99 Å². The minimum absolute atomic E-state index is 0.306. The van der Waals surface area contributed by atoms with Crippen LogP contribution in [0, 0.1) is 5.41 Å². The molecule has 2 nitrogen and oxygen atoms in total. The van der Waals surface area contributed by atoms with Crippen LogP contribution in [0.2, 0.25) is 0 Å². The Morgan fingerprint density at radius 3 is 3.54 bits per heavy atom. The lowest BCUT2D eigenvalue weighted by Gasteiger charge is -2.37. The lowest BCUT2D eigenvalue weighted by molar-refractivity contribution is 0.364. The third kappa shape index (κ3) is 0.894. The maximum Gasteiger partial charge on any atom is 0.0327 e. The van der Waals surface area contributed by atoms with Gasteiger partial charge in [0.25, 0.3) is 0 Å². The minimum atomic E-state index is 0.306. The summed E-state index contributed by atoms with van der Waals surface area (Å²) in [5.74, 6) is 0. The second-order valence-electron chi connectivity index (χ2n) is 4.13. The Balaban J connectivity index is 2.11. The van der Waals surface area contributed by atoms with E-state index in [1.54, 1.807) is 0 Å². The molecule has 2 atom stereocenters. The molecule has 13 heavy (non-hydrogen) atoms. The van der Waals surface area contributed by atoms with Gasteiger partial charge in [0.2, 0.25) is 0 Å². The summed E-state index contributed by atoms with van der Waals surface area (Å²) in [7, 11) is 0. The van der Waals surface area contributed by atoms with Gasteiger partial charge in [0.05, 0.1) is 0 Å². The number of aliphatic imine (C=N–C) groups is 1. The molecule has 0 aromatic heterocycles. The zero-order chi connectivity index (χ0) is 8.73. The van der Waals surface area contributed by atoms with Crippen molar-refractivity contribution in [1.82, 2.24) is 5.32 Å². The quantitative estimate of drug-likeness (QED) is 0.593. The van der Waals surface area contributed by atoms with Gasteiger partial charge in [-0.2, -0.15) is 0 Å². The Kier molecular flexibility index (Phi) is 1.47. The molecular formula is C11H14N2. The topological polar surface area (TPSA) is 24.4 Å². The van der Waals surface area contributed by atoms with E-state index >= 15 is 0 Å². The molecule has 0 aromatic rings. The van der Waals surface area contributed by atoms with E-state index in [0.717, 1.165) is 6.54 Å². The van der Waals surface area contributed by atoms with Gasteiger partial charge in [0.15, 0.2) is 0 Å². The SMILES string of the molecule is C1=CC23CCNC2CCC=C3C=N1. The van der Waals surface area contributed by atoms with Gasteiger partial charge < -0.3 is 5.32 Å². The van der Waals surface area contributed by atoms with Crippen LogP contribution in [0.3, 0.4) is 0 Å². The number of hydrogen-bond donors (Lipinski definition) is 1. The number of allylic oxidation sites excluding steroid dienone is 1. The van der Waals surface area contributed by atoms with Crippen LogP contribution >= 0.6 is 0 Å². The Hall–Kier alpha value is -0.890. The highest BCUT2D eigenvalue weighted by Crippen LogP contribution is 2.45. The van der Waals surface area contributed by atoms with Crippen molar-refractivity contribution in [2.45, 2.75) is 25.3 Å². The zero-order valence-corrected chi connectivity index (χ0v) is 7.66. The molecule has 3 aliphatic rings. The normalized spacial score (nSPS) is 41.2. The fourth-order valence-corrected chi connectivity index (χ4v) is 2.88. The van der Waals surface area contributed by atoms with Crippen LogP contribution in [0.5, 0.6) is 0 Å². The first kappa shape index (κ1) is 7.51. The molecule has 0 amide bonds. The van der Waals surface area contributed by atoms with Crippen molar-refractivity contribution in [3.8, 4) is 0 Å². The van der Waals surface area contributed by atoms with E-state index in [1.165, 1.54) is 24.8 Å². The van der Waals surface area contributed by atoms with Crippen molar-refractivity contribution in [2.75, 3.05) is 6.54 Å². The van der Waals surface area contributed by atoms with Crippen LogP contribution in [-0.2, 0) is 0 Å². The fraction of sp³-hybridized carbons (Fsp3) is 0.545. The molecule has 1 spiro atoms. The summed E-state index contributed by atoms with van der Waals surface area (Å²) in [6.45, 7) is 1.15. The number of hydrogen-bond acceptors (Lipinski definition) is 2. The van der Waals surface area contributed by atoms with Gasteiger partial charge in [0, 0.05) is 23.9 Å². The first-order valence-electron chi connectivity index (χ1n) is 5.07. The average molecular weight is 174 g/mol. The first-order chi connectivity index (χ1) is 6.42. The smallest absolute Gasteiger partial charge is 0.0327 e. The van der Waals surface area contributed by atoms with Crippen LogP contribution in [0.25, 0.3) is 0 Å². The lowest BCUT2D eigenvalue weighted by atomic mass is 9.69. The molecule has 1 fully saturated rings. The minimum Gasteiger partial charge on any atom is -0.313 e. The van der Waals surface area contributed by atoms with Crippen molar-refractivity contribution >= 4 is 6.21 Å². The molecule has 2 unspecified atom stereocenters. The van der Waals surface area contributed by atoms with Crippen LogP contribution in [-0.4, -0.2) is 18.8 Å². The molecule has 0 bridgehead atoms. The van der Waals surface area contributed by atoms with Gasteiger partial charge in [-0.15, -0.1) is 0 Å². The van der Waals surface area contributed by atoms with Crippen molar-refractivity contribution in [3.63, 3.8) is 0 Å². The largest absolute Gasteiger partial charge is 0.313 e. The van der Waals surface area contributed by atoms with Crippen LogP contribution < -0.4 is 5.32 Å². The van der Waals surface area contributed by atoms with Crippen LogP contribution in [0.1, 0.15) is 19.3 Å².